The molecule has 0 bridgehead atoms. The first kappa shape index (κ1) is 10.5. The Balaban J connectivity index is 4.12. The van der Waals surface area contributed by atoms with Crippen LogP contribution in [-0.2, 0) is 14.2 Å². The standard InChI is InChI=1S/C4H6ClO5P/c5-11(10,1-3(6)7)2-4(8)9/h1-2H2,(H,6,7)(H,8,9). The van der Waals surface area contributed by atoms with Gasteiger partial charge in [0.1, 0.15) is 12.3 Å². The first-order valence-electron chi connectivity index (χ1n) is 2.55. The third kappa shape index (κ3) is 5.88. The Bertz CT molecular complexity index is 205. The zero-order chi connectivity index (χ0) is 9.07. The predicted octanol–water partition coefficient (Wildman–Crippen LogP) is 0.672. The van der Waals surface area contributed by atoms with E-state index >= 15 is 0 Å². The van der Waals surface area contributed by atoms with Gasteiger partial charge < -0.3 is 14.8 Å². The summed E-state index contributed by atoms with van der Waals surface area (Å²) in [4.78, 5) is 19.9. The van der Waals surface area contributed by atoms with Crippen LogP contribution in [0.5, 0.6) is 0 Å². The fourth-order valence-corrected chi connectivity index (χ4v) is 1.99. The molecule has 0 fully saturated rings. The maximum absolute atomic E-state index is 10.8. The zero-order valence-corrected chi connectivity index (χ0v) is 7.01. The second-order valence-electron chi connectivity index (χ2n) is 1.89. The van der Waals surface area contributed by atoms with Crippen LogP contribution in [0.1, 0.15) is 0 Å². The van der Waals surface area contributed by atoms with Gasteiger partial charge in [0.25, 0.3) is 0 Å². The summed E-state index contributed by atoms with van der Waals surface area (Å²) >= 11 is 5.12. The molecule has 5 nitrogen and oxygen atoms in total. The minimum Gasteiger partial charge on any atom is -0.481 e. The SMILES string of the molecule is O=C(O)CP(=O)(Cl)CC(=O)O. The monoisotopic (exact) mass is 200 g/mol. The molecular weight excluding hydrogens is 194 g/mol. The molecule has 0 aromatic heterocycles. The summed E-state index contributed by atoms with van der Waals surface area (Å²) in [6, 6.07) is 0. The third-order valence-electron chi connectivity index (χ3n) is 0.743. The molecule has 0 aliphatic carbocycles. The lowest BCUT2D eigenvalue weighted by atomic mass is 10.8. The second kappa shape index (κ2) is 3.74. The summed E-state index contributed by atoms with van der Waals surface area (Å²) in [6.07, 6.45) is -1.58. The Kier molecular flexibility index (Phi) is 3.55. The van der Waals surface area contributed by atoms with Crippen LogP contribution < -0.4 is 0 Å². The summed E-state index contributed by atoms with van der Waals surface area (Å²) in [6.45, 7) is -3.53. The molecule has 11 heavy (non-hydrogen) atoms. The molecule has 2 N–H and O–H groups in total. The predicted molar refractivity (Wildman–Crippen MR) is 38.5 cm³/mol. The maximum Gasteiger partial charge on any atom is 0.312 e. The smallest absolute Gasteiger partial charge is 0.312 e. The Labute approximate surface area is 67.1 Å². The fourth-order valence-electron chi connectivity index (χ4n) is 0.460. The van der Waals surface area contributed by atoms with Crippen LogP contribution in [0.3, 0.4) is 0 Å². The summed E-state index contributed by atoms with van der Waals surface area (Å²) in [5, 5.41) is 16.2. The Morgan fingerprint density at radius 3 is 1.64 bits per heavy atom. The summed E-state index contributed by atoms with van der Waals surface area (Å²) < 4.78 is 10.8. The highest BCUT2D eigenvalue weighted by atomic mass is 35.7. The lowest BCUT2D eigenvalue weighted by molar-refractivity contribution is -0.134. The molecule has 0 aliphatic rings. The van der Waals surface area contributed by atoms with E-state index in [4.69, 9.17) is 21.5 Å². The van der Waals surface area contributed by atoms with Crippen LogP contribution in [0.2, 0.25) is 0 Å². The Hall–Kier alpha value is -0.540. The molecule has 0 saturated carbocycles. The summed E-state index contributed by atoms with van der Waals surface area (Å²) in [5.41, 5.74) is 0. The molecule has 7 heteroatoms. The van der Waals surface area contributed by atoms with Crippen LogP contribution in [0, 0.1) is 0 Å². The van der Waals surface area contributed by atoms with Crippen LogP contribution in [0.4, 0.5) is 0 Å². The van der Waals surface area contributed by atoms with Gasteiger partial charge in [-0.3, -0.25) is 9.59 Å². The first-order valence-corrected chi connectivity index (χ1v) is 5.53. The third-order valence-corrected chi connectivity index (χ3v) is 2.95. The molecule has 0 heterocycles. The summed E-state index contributed by atoms with van der Waals surface area (Å²) in [5.74, 6) is -2.71. The first-order chi connectivity index (χ1) is 4.83. The van der Waals surface area contributed by atoms with Crippen molar-refractivity contribution in [2.24, 2.45) is 0 Å². The van der Waals surface area contributed by atoms with Crippen LogP contribution in [0.15, 0.2) is 0 Å². The quantitative estimate of drug-likeness (QED) is 0.651. The second-order valence-corrected chi connectivity index (χ2v) is 5.95. The number of aliphatic carboxylic acids is 2. The van der Waals surface area contributed by atoms with Gasteiger partial charge in [0, 0.05) is 0 Å². The molecule has 0 aromatic rings. The molecule has 0 aromatic carbocycles. The van der Waals surface area contributed by atoms with Gasteiger partial charge in [0.2, 0.25) is 0 Å². The van der Waals surface area contributed by atoms with E-state index in [2.05, 4.69) is 0 Å². The van der Waals surface area contributed by atoms with Crippen molar-refractivity contribution in [2.75, 3.05) is 12.3 Å². The molecule has 0 rings (SSSR count). The minimum absolute atomic E-state index is 0.791. The molecule has 0 spiro atoms. The van der Waals surface area contributed by atoms with Crippen molar-refractivity contribution in [3.8, 4) is 0 Å². The number of halogens is 1. The van der Waals surface area contributed by atoms with Crippen molar-refractivity contribution in [2.45, 2.75) is 0 Å². The number of carboxylic acids is 2. The van der Waals surface area contributed by atoms with E-state index in [0.29, 0.717) is 0 Å². The average Bonchev–Trinajstić information content (AvgIpc) is 1.53. The lowest BCUT2D eigenvalue weighted by Crippen LogP contribution is -2.08. The van der Waals surface area contributed by atoms with E-state index in [9.17, 15) is 14.2 Å². The van der Waals surface area contributed by atoms with Crippen LogP contribution in [0.25, 0.3) is 0 Å². The normalized spacial score (nSPS) is 11.0. The Morgan fingerprint density at radius 2 is 1.45 bits per heavy atom. The van der Waals surface area contributed by atoms with Crippen molar-refractivity contribution in [1.82, 2.24) is 0 Å². The van der Waals surface area contributed by atoms with Gasteiger partial charge in [-0.2, -0.15) is 0 Å². The van der Waals surface area contributed by atoms with E-state index in [1.165, 1.54) is 0 Å². The van der Waals surface area contributed by atoms with Crippen molar-refractivity contribution < 1.29 is 24.4 Å². The van der Waals surface area contributed by atoms with E-state index < -0.39 is 30.8 Å². The number of hydrogen-bond donors (Lipinski definition) is 2. The van der Waals surface area contributed by atoms with Gasteiger partial charge in [0.15, 0.2) is 6.49 Å². The molecule has 0 amide bonds. The van der Waals surface area contributed by atoms with Gasteiger partial charge in [-0.1, -0.05) is 11.2 Å². The van der Waals surface area contributed by atoms with Crippen molar-refractivity contribution >= 4 is 29.7 Å². The molecule has 64 valence electrons. The molecule has 0 atom stereocenters. The average molecular weight is 201 g/mol. The van der Waals surface area contributed by atoms with Crippen molar-refractivity contribution in [3.05, 3.63) is 0 Å². The lowest BCUT2D eigenvalue weighted by Gasteiger charge is -2.02. The van der Waals surface area contributed by atoms with Crippen LogP contribution in [-0.4, -0.2) is 34.5 Å². The highest BCUT2D eigenvalue weighted by Crippen LogP contribution is 2.50. The fraction of sp³-hybridized carbons (Fsp3) is 0.500. The van der Waals surface area contributed by atoms with Crippen LogP contribution >= 0.6 is 17.7 Å². The molecular formula is C4H6ClO5P. The highest BCUT2D eigenvalue weighted by Gasteiger charge is 2.25. The summed E-state index contributed by atoms with van der Waals surface area (Å²) in [7, 11) is 0. The molecule has 0 radical (unpaired) electrons. The highest BCUT2D eigenvalue weighted by molar-refractivity contribution is 7.90. The van der Waals surface area contributed by atoms with Gasteiger partial charge in [-0.05, 0) is 0 Å². The van der Waals surface area contributed by atoms with Crippen molar-refractivity contribution in [3.63, 3.8) is 0 Å². The molecule has 0 aliphatic heterocycles. The minimum atomic E-state index is -3.53. The number of carbonyl (C=O) groups is 2. The van der Waals surface area contributed by atoms with E-state index in [0.717, 1.165) is 0 Å². The number of rotatable bonds is 4. The van der Waals surface area contributed by atoms with Gasteiger partial charge in [0.05, 0.1) is 0 Å². The van der Waals surface area contributed by atoms with E-state index in [1.807, 2.05) is 0 Å². The zero-order valence-electron chi connectivity index (χ0n) is 5.36. The number of hydrogen-bond acceptors (Lipinski definition) is 3. The van der Waals surface area contributed by atoms with Gasteiger partial charge in [-0.25, -0.2) is 0 Å². The number of carboxylic acid groups (broad SMARTS) is 2. The maximum atomic E-state index is 10.8. The van der Waals surface area contributed by atoms with E-state index in [-0.39, 0.29) is 0 Å². The van der Waals surface area contributed by atoms with E-state index in [1.54, 1.807) is 0 Å². The largest absolute Gasteiger partial charge is 0.481 e. The van der Waals surface area contributed by atoms with Crippen molar-refractivity contribution in [1.29, 1.82) is 0 Å². The van der Waals surface area contributed by atoms with Gasteiger partial charge >= 0.3 is 11.9 Å². The molecule has 0 saturated heterocycles. The molecule has 0 unspecified atom stereocenters. The Morgan fingerprint density at radius 1 is 1.18 bits per heavy atom. The topological polar surface area (TPSA) is 91.7 Å². The van der Waals surface area contributed by atoms with Gasteiger partial charge in [-0.15, -0.1) is 0 Å².